The molecule has 0 bridgehead atoms. The molecule has 6 nitrogen and oxygen atoms in total. The summed E-state index contributed by atoms with van der Waals surface area (Å²) in [6.07, 6.45) is 2.47. The maximum atomic E-state index is 12.4. The fourth-order valence-corrected chi connectivity index (χ4v) is 7.02. The number of aryl methyl sites for hydroxylation is 2. The molecular weight excluding hydrogens is 510 g/mol. The normalized spacial score (nSPS) is 11.9. The number of nitrogens with zero attached hydrogens (tertiary/aromatic N) is 1. The van der Waals surface area contributed by atoms with Crippen LogP contribution in [0.1, 0.15) is 30.4 Å². The minimum Gasteiger partial charge on any atom is -0.507 e. The van der Waals surface area contributed by atoms with Gasteiger partial charge in [0.1, 0.15) is 10.6 Å². The topological polar surface area (TPSA) is 91.3 Å². The van der Waals surface area contributed by atoms with E-state index in [1.807, 2.05) is 18.2 Å². The highest BCUT2D eigenvalue weighted by Crippen LogP contribution is 2.39. The van der Waals surface area contributed by atoms with Crippen molar-refractivity contribution in [3.63, 3.8) is 0 Å². The number of halogens is 1. The first kappa shape index (κ1) is 24.9. The van der Waals surface area contributed by atoms with Crippen molar-refractivity contribution < 1.29 is 13.5 Å². The van der Waals surface area contributed by atoms with Crippen LogP contribution in [0.4, 0.5) is 5.13 Å². The summed E-state index contributed by atoms with van der Waals surface area (Å²) in [5.74, 6) is -0.236. The Hall–Kier alpha value is -2.17. The van der Waals surface area contributed by atoms with Crippen LogP contribution in [0.5, 0.6) is 5.75 Å². The Morgan fingerprint density at radius 3 is 2.68 bits per heavy atom. The first-order chi connectivity index (χ1) is 16.2. The molecule has 2 heterocycles. The third-order valence-corrected chi connectivity index (χ3v) is 9.28. The van der Waals surface area contributed by atoms with E-state index in [1.54, 1.807) is 35.7 Å². The summed E-state index contributed by atoms with van der Waals surface area (Å²) >= 11 is 9.46. The van der Waals surface area contributed by atoms with Crippen molar-refractivity contribution in [1.82, 2.24) is 9.71 Å². The van der Waals surface area contributed by atoms with Gasteiger partial charge in [-0.25, -0.2) is 18.1 Å². The number of unbranched alkanes of at least 4 members (excludes halogenated alkanes) is 2. The molecule has 0 aliphatic rings. The summed E-state index contributed by atoms with van der Waals surface area (Å²) in [6.45, 7) is 4.98. The molecule has 0 saturated heterocycles. The molecule has 0 radical (unpaired) electrons. The smallest absolute Gasteiger partial charge is 0.244 e. The molecule has 34 heavy (non-hydrogen) atoms. The van der Waals surface area contributed by atoms with Gasteiger partial charge in [0, 0.05) is 28.2 Å². The molecule has 0 unspecified atom stereocenters. The summed E-state index contributed by atoms with van der Waals surface area (Å²) < 4.78 is 28.6. The summed E-state index contributed by atoms with van der Waals surface area (Å²) in [7, 11) is -3.72. The summed E-state index contributed by atoms with van der Waals surface area (Å²) in [5.41, 5.74) is 2.94. The van der Waals surface area contributed by atoms with E-state index in [0.717, 1.165) is 45.7 Å². The molecule has 0 amide bonds. The van der Waals surface area contributed by atoms with E-state index in [4.69, 9.17) is 16.6 Å². The predicted molar refractivity (Wildman–Crippen MR) is 143 cm³/mol. The van der Waals surface area contributed by atoms with E-state index in [1.165, 1.54) is 27.8 Å². The number of anilines is 1. The molecule has 4 rings (SSSR count). The molecule has 0 aliphatic heterocycles. The van der Waals surface area contributed by atoms with Crippen LogP contribution in [0, 0.1) is 13.8 Å². The van der Waals surface area contributed by atoms with Gasteiger partial charge in [0.15, 0.2) is 5.13 Å². The van der Waals surface area contributed by atoms with Crippen molar-refractivity contribution in [2.45, 2.75) is 38.0 Å². The van der Waals surface area contributed by atoms with Crippen LogP contribution >= 0.6 is 34.3 Å². The fraction of sp³-hybridized carbons (Fsp3) is 0.292. The molecule has 0 saturated carbocycles. The molecule has 10 heteroatoms. The van der Waals surface area contributed by atoms with Crippen molar-refractivity contribution in [2.75, 3.05) is 18.4 Å². The van der Waals surface area contributed by atoms with Crippen LogP contribution in [0.3, 0.4) is 0 Å². The lowest BCUT2D eigenvalue weighted by atomic mass is 10.1. The van der Waals surface area contributed by atoms with Gasteiger partial charge in [-0.2, -0.15) is 0 Å². The van der Waals surface area contributed by atoms with Crippen molar-refractivity contribution in [3.8, 4) is 16.3 Å². The van der Waals surface area contributed by atoms with Crippen LogP contribution in [0.15, 0.2) is 46.7 Å². The van der Waals surface area contributed by atoms with Gasteiger partial charge in [0.25, 0.3) is 0 Å². The monoisotopic (exact) mass is 535 g/mol. The lowest BCUT2D eigenvalue weighted by molar-refractivity contribution is 0.457. The number of sulfonamides is 1. The van der Waals surface area contributed by atoms with Crippen molar-refractivity contribution in [1.29, 1.82) is 0 Å². The van der Waals surface area contributed by atoms with Gasteiger partial charge < -0.3 is 10.4 Å². The third-order valence-electron chi connectivity index (χ3n) is 5.46. The zero-order valence-corrected chi connectivity index (χ0v) is 22.1. The van der Waals surface area contributed by atoms with Gasteiger partial charge in [-0.1, -0.05) is 24.1 Å². The average Bonchev–Trinajstić information content (AvgIpc) is 3.39. The number of nitrogens with one attached hydrogen (secondary N) is 2. The molecule has 0 spiro atoms. The SMILES string of the molecule is Cc1ccc(O)c(S(=O)(=O)NCCCCCNc2nc(-c3sc4ccc(Cl)cc4c3C)cs2)c1. The van der Waals surface area contributed by atoms with Crippen LogP contribution in [0.2, 0.25) is 5.02 Å². The molecule has 0 fully saturated rings. The Balaban J connectivity index is 1.23. The molecule has 0 aliphatic carbocycles. The van der Waals surface area contributed by atoms with E-state index in [-0.39, 0.29) is 10.6 Å². The average molecular weight is 536 g/mol. The fourth-order valence-electron chi connectivity index (χ4n) is 3.64. The van der Waals surface area contributed by atoms with Crippen molar-refractivity contribution >= 4 is 59.5 Å². The first-order valence-corrected chi connectivity index (χ1v) is 14.5. The summed E-state index contributed by atoms with van der Waals surface area (Å²) in [5, 5.41) is 18.1. The number of hydrogen-bond acceptors (Lipinski definition) is 7. The Morgan fingerprint density at radius 2 is 1.85 bits per heavy atom. The minimum atomic E-state index is -3.72. The molecule has 180 valence electrons. The van der Waals surface area contributed by atoms with E-state index >= 15 is 0 Å². The Kier molecular flexibility index (Phi) is 7.79. The molecular formula is C24H26ClN3O3S3. The number of fused-ring (bicyclic) bond motifs is 1. The second-order valence-corrected chi connectivity index (χ2v) is 12.2. The number of benzene rings is 2. The number of hydrogen-bond donors (Lipinski definition) is 3. The lowest BCUT2D eigenvalue weighted by Crippen LogP contribution is -2.25. The van der Waals surface area contributed by atoms with Crippen LogP contribution < -0.4 is 10.0 Å². The van der Waals surface area contributed by atoms with Gasteiger partial charge in [-0.15, -0.1) is 22.7 Å². The quantitative estimate of drug-likeness (QED) is 0.200. The van der Waals surface area contributed by atoms with E-state index in [0.29, 0.717) is 13.0 Å². The molecule has 4 aromatic rings. The highest BCUT2D eigenvalue weighted by Gasteiger charge is 2.18. The standard InChI is InChI=1S/C24H26ClN3O3S3/c1-15-6-8-20(29)22(12-15)34(30,31)27-11-5-3-4-10-26-24-28-19(14-32-24)23-16(2)18-13-17(25)7-9-21(18)33-23/h6-9,12-14,27,29H,3-5,10-11H2,1-2H3,(H,26,28). The first-order valence-electron chi connectivity index (χ1n) is 10.9. The zero-order chi connectivity index (χ0) is 24.3. The maximum absolute atomic E-state index is 12.4. The molecule has 3 N–H and O–H groups in total. The van der Waals surface area contributed by atoms with Crippen LogP contribution in [0.25, 0.3) is 20.7 Å². The maximum Gasteiger partial charge on any atom is 0.244 e. The number of aromatic hydroxyl groups is 1. The van der Waals surface area contributed by atoms with Gasteiger partial charge in [-0.05, 0) is 73.5 Å². The van der Waals surface area contributed by atoms with E-state index < -0.39 is 10.0 Å². The Labute approximate surface area is 212 Å². The van der Waals surface area contributed by atoms with Crippen LogP contribution in [-0.2, 0) is 10.0 Å². The summed E-state index contributed by atoms with van der Waals surface area (Å²) in [6, 6.07) is 10.5. The second-order valence-electron chi connectivity index (χ2n) is 8.09. The van der Waals surface area contributed by atoms with Gasteiger partial charge in [0.2, 0.25) is 10.0 Å². The Bertz CT molecular complexity index is 1410. The minimum absolute atomic E-state index is 0.0780. The van der Waals surface area contributed by atoms with E-state index in [9.17, 15) is 13.5 Å². The third kappa shape index (κ3) is 5.72. The van der Waals surface area contributed by atoms with Gasteiger partial charge >= 0.3 is 0 Å². The molecule has 2 aromatic carbocycles. The highest BCUT2D eigenvalue weighted by molar-refractivity contribution is 7.89. The number of aromatic nitrogens is 1. The second kappa shape index (κ2) is 10.6. The number of rotatable bonds is 10. The number of phenols is 1. The van der Waals surface area contributed by atoms with Crippen LogP contribution in [-0.4, -0.2) is 31.6 Å². The zero-order valence-electron chi connectivity index (χ0n) is 18.9. The summed E-state index contributed by atoms with van der Waals surface area (Å²) in [4.78, 5) is 5.83. The molecule has 2 aromatic heterocycles. The highest BCUT2D eigenvalue weighted by atomic mass is 35.5. The van der Waals surface area contributed by atoms with E-state index in [2.05, 4.69) is 22.3 Å². The van der Waals surface area contributed by atoms with Gasteiger partial charge in [0.05, 0.1) is 10.6 Å². The Morgan fingerprint density at radius 1 is 1.06 bits per heavy atom. The lowest BCUT2D eigenvalue weighted by Gasteiger charge is -2.09. The largest absolute Gasteiger partial charge is 0.507 e. The number of thiophene rings is 1. The van der Waals surface area contributed by atoms with Crippen molar-refractivity contribution in [3.05, 3.63) is 57.9 Å². The predicted octanol–water partition coefficient (Wildman–Crippen LogP) is 6.56. The molecule has 0 atom stereocenters. The van der Waals surface area contributed by atoms with Gasteiger partial charge in [-0.3, -0.25) is 0 Å². The number of phenolic OH excluding ortho intramolecular Hbond substituents is 1. The van der Waals surface area contributed by atoms with Crippen molar-refractivity contribution in [2.24, 2.45) is 0 Å². The number of thiazole rings is 1.